The summed E-state index contributed by atoms with van der Waals surface area (Å²) in [5.41, 5.74) is 6.16. The summed E-state index contributed by atoms with van der Waals surface area (Å²) in [7, 11) is 0. The van der Waals surface area contributed by atoms with Crippen LogP contribution in [0.5, 0.6) is 0 Å². The van der Waals surface area contributed by atoms with Crippen LogP contribution in [-0.4, -0.2) is 5.78 Å². The standard InChI is InChI=1S/C20H20O/c1-12-7-9-15(13(2)11-12)20(21)19-17-10-8-14-5-3-4-6-16(14)18(17)19/h3-7,9,11,17-19H,8,10H2,1-2H3. The van der Waals surface area contributed by atoms with Gasteiger partial charge in [0.2, 0.25) is 0 Å². The highest BCUT2D eigenvalue weighted by molar-refractivity contribution is 6.02. The highest BCUT2D eigenvalue weighted by Crippen LogP contribution is 2.60. The lowest BCUT2D eigenvalue weighted by atomic mass is 9.92. The van der Waals surface area contributed by atoms with Gasteiger partial charge in [0.1, 0.15) is 0 Å². The van der Waals surface area contributed by atoms with Crippen molar-refractivity contribution in [1.82, 2.24) is 0 Å². The van der Waals surface area contributed by atoms with Gasteiger partial charge in [0, 0.05) is 11.5 Å². The van der Waals surface area contributed by atoms with Gasteiger partial charge in [-0.3, -0.25) is 4.79 Å². The Balaban J connectivity index is 1.66. The van der Waals surface area contributed by atoms with E-state index < -0.39 is 0 Å². The predicted molar refractivity (Wildman–Crippen MR) is 84.7 cm³/mol. The predicted octanol–water partition coefficient (Wildman–Crippen LogP) is 4.46. The third kappa shape index (κ3) is 1.95. The Kier molecular flexibility index (Phi) is 2.78. The second-order valence-corrected chi connectivity index (χ2v) is 6.64. The normalized spacial score (nSPS) is 25.9. The van der Waals surface area contributed by atoms with E-state index in [4.69, 9.17) is 0 Å². The maximum Gasteiger partial charge on any atom is 0.167 e. The van der Waals surface area contributed by atoms with Crippen molar-refractivity contribution < 1.29 is 4.79 Å². The van der Waals surface area contributed by atoms with Gasteiger partial charge in [-0.25, -0.2) is 0 Å². The van der Waals surface area contributed by atoms with Crippen LogP contribution in [0.3, 0.4) is 0 Å². The lowest BCUT2D eigenvalue weighted by Gasteiger charge is -2.13. The quantitative estimate of drug-likeness (QED) is 0.740. The summed E-state index contributed by atoms with van der Waals surface area (Å²) >= 11 is 0. The number of carbonyl (C=O) groups is 1. The molecule has 0 bridgehead atoms. The molecule has 1 nitrogen and oxygen atoms in total. The summed E-state index contributed by atoms with van der Waals surface area (Å²) in [6.45, 7) is 4.13. The van der Waals surface area contributed by atoms with E-state index in [-0.39, 0.29) is 5.92 Å². The van der Waals surface area contributed by atoms with Gasteiger partial charge in [-0.05, 0) is 55.2 Å². The number of carbonyl (C=O) groups excluding carboxylic acids is 1. The molecule has 2 aromatic carbocycles. The highest BCUT2D eigenvalue weighted by atomic mass is 16.1. The minimum Gasteiger partial charge on any atom is -0.294 e. The van der Waals surface area contributed by atoms with Gasteiger partial charge in [-0.2, -0.15) is 0 Å². The Labute approximate surface area is 126 Å². The van der Waals surface area contributed by atoms with E-state index >= 15 is 0 Å². The van der Waals surface area contributed by atoms with Crippen molar-refractivity contribution in [3.05, 3.63) is 70.3 Å². The zero-order chi connectivity index (χ0) is 14.6. The van der Waals surface area contributed by atoms with Gasteiger partial charge in [-0.15, -0.1) is 0 Å². The zero-order valence-corrected chi connectivity index (χ0v) is 12.6. The van der Waals surface area contributed by atoms with Gasteiger partial charge < -0.3 is 0 Å². The molecule has 4 rings (SSSR count). The molecule has 1 saturated carbocycles. The first kappa shape index (κ1) is 12.8. The number of benzene rings is 2. The maximum absolute atomic E-state index is 12.9. The van der Waals surface area contributed by atoms with E-state index in [0.717, 1.165) is 17.5 Å². The number of aryl methyl sites for hydroxylation is 3. The number of ketones is 1. The number of hydrogen-bond donors (Lipinski definition) is 0. The molecular formula is C20H20O. The first-order chi connectivity index (χ1) is 10.2. The summed E-state index contributed by atoms with van der Waals surface area (Å²) in [5.74, 6) is 1.63. The van der Waals surface area contributed by atoms with Crippen molar-refractivity contribution in [3.63, 3.8) is 0 Å². The van der Waals surface area contributed by atoms with Gasteiger partial charge in [0.25, 0.3) is 0 Å². The molecule has 2 aromatic rings. The maximum atomic E-state index is 12.9. The fourth-order valence-electron chi connectivity index (χ4n) is 4.19. The second-order valence-electron chi connectivity index (χ2n) is 6.64. The molecular weight excluding hydrogens is 256 g/mol. The van der Waals surface area contributed by atoms with E-state index in [9.17, 15) is 4.79 Å². The van der Waals surface area contributed by atoms with Crippen LogP contribution in [-0.2, 0) is 6.42 Å². The molecule has 0 spiro atoms. The molecule has 0 saturated heterocycles. The van der Waals surface area contributed by atoms with Crippen molar-refractivity contribution in [2.24, 2.45) is 11.8 Å². The molecule has 0 aliphatic heterocycles. The fourth-order valence-corrected chi connectivity index (χ4v) is 4.19. The molecule has 2 aliphatic rings. The van der Waals surface area contributed by atoms with Gasteiger partial charge in [0.15, 0.2) is 5.78 Å². The van der Waals surface area contributed by atoms with E-state index in [1.165, 1.54) is 23.1 Å². The Hall–Kier alpha value is -1.89. The SMILES string of the molecule is Cc1ccc(C(=O)C2C3CCc4ccccc4C32)c(C)c1. The lowest BCUT2D eigenvalue weighted by molar-refractivity contribution is 0.0958. The first-order valence-electron chi connectivity index (χ1n) is 7.86. The van der Waals surface area contributed by atoms with Crippen LogP contribution >= 0.6 is 0 Å². The van der Waals surface area contributed by atoms with Crippen LogP contribution in [0, 0.1) is 25.7 Å². The van der Waals surface area contributed by atoms with Crippen molar-refractivity contribution in [3.8, 4) is 0 Å². The second kappa shape index (κ2) is 4.56. The van der Waals surface area contributed by atoms with Crippen molar-refractivity contribution >= 4 is 5.78 Å². The Bertz CT molecular complexity index is 728. The van der Waals surface area contributed by atoms with Crippen molar-refractivity contribution in [2.45, 2.75) is 32.6 Å². The average molecular weight is 276 g/mol. The monoisotopic (exact) mass is 276 g/mol. The molecule has 21 heavy (non-hydrogen) atoms. The number of fused-ring (bicyclic) bond motifs is 3. The minimum absolute atomic E-state index is 0.218. The highest BCUT2D eigenvalue weighted by Gasteiger charge is 2.56. The first-order valence-corrected chi connectivity index (χ1v) is 7.86. The molecule has 1 heteroatoms. The molecule has 2 aliphatic carbocycles. The van der Waals surface area contributed by atoms with Crippen LogP contribution in [0.15, 0.2) is 42.5 Å². The van der Waals surface area contributed by atoms with Gasteiger partial charge in [-0.1, -0.05) is 48.0 Å². The molecule has 3 atom stereocenters. The zero-order valence-electron chi connectivity index (χ0n) is 12.6. The minimum atomic E-state index is 0.218. The van der Waals surface area contributed by atoms with Crippen LogP contribution in [0.4, 0.5) is 0 Å². The Morgan fingerprint density at radius 2 is 1.90 bits per heavy atom. The summed E-state index contributed by atoms with van der Waals surface area (Å²) < 4.78 is 0. The summed E-state index contributed by atoms with van der Waals surface area (Å²) in [6.07, 6.45) is 2.30. The molecule has 106 valence electrons. The van der Waals surface area contributed by atoms with Crippen LogP contribution in [0.1, 0.15) is 45.0 Å². The molecule has 0 aromatic heterocycles. The Morgan fingerprint density at radius 1 is 1.10 bits per heavy atom. The van der Waals surface area contributed by atoms with E-state index in [0.29, 0.717) is 17.6 Å². The smallest absolute Gasteiger partial charge is 0.167 e. The molecule has 1 fully saturated rings. The molecule has 0 heterocycles. The lowest BCUT2D eigenvalue weighted by Crippen LogP contribution is -2.06. The fraction of sp³-hybridized carbons (Fsp3) is 0.350. The van der Waals surface area contributed by atoms with Gasteiger partial charge >= 0.3 is 0 Å². The van der Waals surface area contributed by atoms with E-state index in [1.807, 2.05) is 6.07 Å². The van der Waals surface area contributed by atoms with Crippen LogP contribution in [0.25, 0.3) is 0 Å². The number of hydrogen-bond acceptors (Lipinski definition) is 1. The van der Waals surface area contributed by atoms with Crippen molar-refractivity contribution in [1.29, 1.82) is 0 Å². The summed E-state index contributed by atoms with van der Waals surface area (Å²) in [5, 5.41) is 0. The number of Topliss-reactive ketones (excluding diaryl/α,β-unsaturated/α-hetero) is 1. The molecule has 3 unspecified atom stereocenters. The van der Waals surface area contributed by atoms with E-state index in [1.54, 1.807) is 0 Å². The number of rotatable bonds is 2. The van der Waals surface area contributed by atoms with Gasteiger partial charge in [0.05, 0.1) is 0 Å². The van der Waals surface area contributed by atoms with Crippen LogP contribution in [0.2, 0.25) is 0 Å². The molecule has 0 radical (unpaired) electrons. The largest absolute Gasteiger partial charge is 0.294 e. The Morgan fingerprint density at radius 3 is 2.71 bits per heavy atom. The topological polar surface area (TPSA) is 17.1 Å². The third-order valence-corrected chi connectivity index (χ3v) is 5.28. The van der Waals surface area contributed by atoms with Crippen LogP contribution < -0.4 is 0 Å². The summed E-state index contributed by atoms with van der Waals surface area (Å²) in [4.78, 5) is 12.9. The third-order valence-electron chi connectivity index (χ3n) is 5.28. The molecule has 0 N–H and O–H groups in total. The average Bonchev–Trinajstić information content (AvgIpc) is 3.21. The van der Waals surface area contributed by atoms with E-state index in [2.05, 4.69) is 50.2 Å². The molecule has 0 amide bonds. The summed E-state index contributed by atoms with van der Waals surface area (Å²) in [6, 6.07) is 14.9. The van der Waals surface area contributed by atoms with Crippen molar-refractivity contribution in [2.75, 3.05) is 0 Å².